The Morgan fingerprint density at radius 3 is 2.44 bits per heavy atom. The summed E-state index contributed by atoms with van der Waals surface area (Å²) in [7, 11) is 0. The van der Waals surface area contributed by atoms with Crippen molar-refractivity contribution in [2.75, 3.05) is 0 Å². The fourth-order valence-corrected chi connectivity index (χ4v) is 2.28. The number of benzene rings is 2. The van der Waals surface area contributed by atoms with E-state index in [2.05, 4.69) is 4.98 Å². The molecule has 3 aromatic rings. The first-order chi connectivity index (χ1) is 8.75. The molecule has 88 valence electrons. The minimum atomic E-state index is -0.0596. The largest absolute Gasteiger partial charge is 0.321 e. The molecule has 0 amide bonds. The highest BCUT2D eigenvalue weighted by molar-refractivity contribution is 5.96. The number of aryl methyl sites for hydroxylation is 1. The molecule has 1 heterocycles. The smallest absolute Gasteiger partial charge is 0.249 e. The Labute approximate surface area is 105 Å². The summed E-state index contributed by atoms with van der Waals surface area (Å²) in [5.74, 6) is 0. The summed E-state index contributed by atoms with van der Waals surface area (Å²) in [4.78, 5) is 14.7. The molecule has 18 heavy (non-hydrogen) atoms. The molecule has 0 bridgehead atoms. The topological polar surface area (TPSA) is 32.9 Å². The number of pyridine rings is 1. The Hall–Kier alpha value is -2.35. The van der Waals surface area contributed by atoms with E-state index < -0.39 is 0 Å². The summed E-state index contributed by atoms with van der Waals surface area (Å²) in [6.07, 6.45) is 0. The Balaban J connectivity index is 2.43. The number of nitrogens with one attached hydrogen (secondary N) is 1. The minimum absolute atomic E-state index is 0.0596. The van der Waals surface area contributed by atoms with Gasteiger partial charge in [0.15, 0.2) is 0 Å². The van der Waals surface area contributed by atoms with Crippen LogP contribution in [0.1, 0.15) is 5.56 Å². The lowest BCUT2D eigenvalue weighted by atomic mass is 10.0. The SMILES string of the molecule is Cc1cccc2c(-c3ccccc3)[nH]c(=O)cc12. The zero-order valence-corrected chi connectivity index (χ0v) is 10.1. The van der Waals surface area contributed by atoms with Crippen molar-refractivity contribution in [3.8, 4) is 11.3 Å². The molecule has 1 N–H and O–H groups in total. The van der Waals surface area contributed by atoms with E-state index in [1.54, 1.807) is 6.07 Å². The molecule has 0 aliphatic rings. The van der Waals surface area contributed by atoms with Crippen molar-refractivity contribution >= 4 is 10.8 Å². The van der Waals surface area contributed by atoms with E-state index in [0.717, 1.165) is 27.6 Å². The van der Waals surface area contributed by atoms with Gasteiger partial charge in [0, 0.05) is 11.5 Å². The van der Waals surface area contributed by atoms with Crippen molar-refractivity contribution < 1.29 is 0 Å². The minimum Gasteiger partial charge on any atom is -0.321 e. The molecule has 0 fully saturated rings. The number of aromatic nitrogens is 1. The van der Waals surface area contributed by atoms with Gasteiger partial charge in [-0.3, -0.25) is 4.79 Å². The molecule has 2 aromatic carbocycles. The second-order valence-corrected chi connectivity index (χ2v) is 4.41. The fraction of sp³-hybridized carbons (Fsp3) is 0.0625. The van der Waals surface area contributed by atoms with Gasteiger partial charge in [0.1, 0.15) is 0 Å². The summed E-state index contributed by atoms with van der Waals surface area (Å²) in [6.45, 7) is 2.02. The normalized spacial score (nSPS) is 10.7. The van der Waals surface area contributed by atoms with Gasteiger partial charge in [-0.2, -0.15) is 0 Å². The number of rotatable bonds is 1. The van der Waals surface area contributed by atoms with E-state index in [0.29, 0.717) is 0 Å². The van der Waals surface area contributed by atoms with E-state index in [1.807, 2.05) is 55.5 Å². The fourth-order valence-electron chi connectivity index (χ4n) is 2.28. The predicted octanol–water partition coefficient (Wildman–Crippen LogP) is 3.50. The van der Waals surface area contributed by atoms with E-state index >= 15 is 0 Å². The maximum atomic E-state index is 11.8. The van der Waals surface area contributed by atoms with Crippen LogP contribution in [0.5, 0.6) is 0 Å². The lowest BCUT2D eigenvalue weighted by molar-refractivity contribution is 1.26. The molecule has 0 saturated carbocycles. The molecular weight excluding hydrogens is 222 g/mol. The van der Waals surface area contributed by atoms with E-state index in [-0.39, 0.29) is 5.56 Å². The van der Waals surface area contributed by atoms with Crippen LogP contribution in [0.3, 0.4) is 0 Å². The summed E-state index contributed by atoms with van der Waals surface area (Å²) in [5, 5.41) is 2.10. The predicted molar refractivity (Wildman–Crippen MR) is 74.7 cm³/mol. The van der Waals surface area contributed by atoms with Gasteiger partial charge in [0.05, 0.1) is 5.69 Å². The first-order valence-corrected chi connectivity index (χ1v) is 5.94. The highest BCUT2D eigenvalue weighted by atomic mass is 16.1. The van der Waals surface area contributed by atoms with Crippen molar-refractivity contribution in [3.05, 3.63) is 70.5 Å². The van der Waals surface area contributed by atoms with Crippen molar-refractivity contribution in [1.82, 2.24) is 4.98 Å². The van der Waals surface area contributed by atoms with Crippen LogP contribution in [0.4, 0.5) is 0 Å². The van der Waals surface area contributed by atoms with Gasteiger partial charge in [0.2, 0.25) is 5.56 Å². The number of hydrogen-bond donors (Lipinski definition) is 1. The quantitative estimate of drug-likeness (QED) is 0.688. The molecule has 2 nitrogen and oxygen atoms in total. The average Bonchev–Trinajstić information content (AvgIpc) is 2.40. The Bertz CT molecular complexity index is 757. The highest BCUT2D eigenvalue weighted by Gasteiger charge is 2.06. The number of hydrogen-bond acceptors (Lipinski definition) is 1. The Kier molecular flexibility index (Phi) is 2.49. The van der Waals surface area contributed by atoms with E-state index in [9.17, 15) is 4.79 Å². The van der Waals surface area contributed by atoms with Crippen molar-refractivity contribution in [3.63, 3.8) is 0 Å². The Morgan fingerprint density at radius 1 is 0.889 bits per heavy atom. The van der Waals surface area contributed by atoms with Crippen molar-refractivity contribution in [2.24, 2.45) is 0 Å². The molecule has 0 atom stereocenters. The molecule has 2 heteroatoms. The van der Waals surface area contributed by atoms with Gasteiger partial charge in [-0.05, 0) is 23.4 Å². The molecule has 0 radical (unpaired) electrons. The van der Waals surface area contributed by atoms with Gasteiger partial charge in [-0.1, -0.05) is 48.5 Å². The number of H-pyrrole nitrogens is 1. The van der Waals surface area contributed by atoms with Crippen LogP contribution < -0.4 is 5.56 Å². The third-order valence-corrected chi connectivity index (χ3v) is 3.18. The third-order valence-electron chi connectivity index (χ3n) is 3.18. The van der Waals surface area contributed by atoms with Crippen LogP contribution in [0.25, 0.3) is 22.0 Å². The van der Waals surface area contributed by atoms with Gasteiger partial charge in [-0.15, -0.1) is 0 Å². The molecule has 0 saturated heterocycles. The van der Waals surface area contributed by atoms with E-state index in [4.69, 9.17) is 0 Å². The summed E-state index contributed by atoms with van der Waals surface area (Å²) < 4.78 is 0. The monoisotopic (exact) mass is 235 g/mol. The summed E-state index contributed by atoms with van der Waals surface area (Å²) in [5.41, 5.74) is 2.99. The second kappa shape index (κ2) is 4.15. The zero-order chi connectivity index (χ0) is 12.5. The molecular formula is C16H13NO. The van der Waals surface area contributed by atoms with E-state index in [1.165, 1.54) is 0 Å². The maximum Gasteiger partial charge on any atom is 0.249 e. The zero-order valence-electron chi connectivity index (χ0n) is 10.1. The molecule has 0 spiro atoms. The van der Waals surface area contributed by atoms with Gasteiger partial charge < -0.3 is 4.98 Å². The average molecular weight is 235 g/mol. The molecule has 1 aromatic heterocycles. The third kappa shape index (κ3) is 1.72. The van der Waals surface area contributed by atoms with Crippen LogP contribution >= 0.6 is 0 Å². The summed E-state index contributed by atoms with van der Waals surface area (Å²) >= 11 is 0. The molecule has 0 unspecified atom stereocenters. The second-order valence-electron chi connectivity index (χ2n) is 4.41. The van der Waals surface area contributed by atoms with Gasteiger partial charge in [0.25, 0.3) is 0 Å². The van der Waals surface area contributed by atoms with Crippen molar-refractivity contribution in [1.29, 1.82) is 0 Å². The number of aromatic amines is 1. The van der Waals surface area contributed by atoms with Crippen molar-refractivity contribution in [2.45, 2.75) is 6.92 Å². The van der Waals surface area contributed by atoms with Gasteiger partial charge in [-0.25, -0.2) is 0 Å². The lowest BCUT2D eigenvalue weighted by Gasteiger charge is -2.08. The van der Waals surface area contributed by atoms with Crippen LogP contribution in [-0.4, -0.2) is 4.98 Å². The molecule has 3 rings (SSSR count). The van der Waals surface area contributed by atoms with Gasteiger partial charge >= 0.3 is 0 Å². The Morgan fingerprint density at radius 2 is 1.67 bits per heavy atom. The van der Waals surface area contributed by atoms with Crippen LogP contribution in [0.2, 0.25) is 0 Å². The van der Waals surface area contributed by atoms with Crippen LogP contribution in [0.15, 0.2) is 59.4 Å². The molecule has 0 aliphatic carbocycles. The first-order valence-electron chi connectivity index (χ1n) is 5.94. The van der Waals surface area contributed by atoms with Crippen LogP contribution in [-0.2, 0) is 0 Å². The standard InChI is InChI=1S/C16H13NO/c1-11-6-5-9-13-14(11)10-15(18)17-16(13)12-7-3-2-4-8-12/h2-10H,1H3,(H,17,18). The lowest BCUT2D eigenvalue weighted by Crippen LogP contribution is -2.06. The number of fused-ring (bicyclic) bond motifs is 1. The van der Waals surface area contributed by atoms with Crippen LogP contribution in [0, 0.1) is 6.92 Å². The maximum absolute atomic E-state index is 11.8. The summed E-state index contributed by atoms with van der Waals surface area (Å²) in [6, 6.07) is 17.7. The highest BCUT2D eigenvalue weighted by Crippen LogP contribution is 2.26. The molecule has 0 aliphatic heterocycles. The first kappa shape index (κ1) is 10.8.